The van der Waals surface area contributed by atoms with E-state index in [0.717, 1.165) is 18.5 Å². The van der Waals surface area contributed by atoms with Crippen molar-refractivity contribution in [3.63, 3.8) is 0 Å². The zero-order chi connectivity index (χ0) is 9.90. The van der Waals surface area contributed by atoms with Crippen LogP contribution in [0.1, 0.15) is 12.5 Å². The highest BCUT2D eigenvalue weighted by Gasteiger charge is 2.34. The van der Waals surface area contributed by atoms with Gasteiger partial charge in [-0.15, -0.1) is 0 Å². The summed E-state index contributed by atoms with van der Waals surface area (Å²) >= 11 is 0. The van der Waals surface area contributed by atoms with Crippen LogP contribution in [0.3, 0.4) is 0 Å². The van der Waals surface area contributed by atoms with Crippen molar-refractivity contribution >= 4 is 0 Å². The van der Waals surface area contributed by atoms with Crippen molar-refractivity contribution in [2.75, 3.05) is 6.61 Å². The van der Waals surface area contributed by atoms with E-state index >= 15 is 0 Å². The zero-order valence-corrected chi connectivity index (χ0v) is 6.93. The molecule has 0 bridgehead atoms. The molecule has 13 heavy (non-hydrogen) atoms. The van der Waals surface area contributed by atoms with Gasteiger partial charge in [0.05, 0.1) is 12.8 Å². The van der Waals surface area contributed by atoms with E-state index in [9.17, 15) is 13.2 Å². The van der Waals surface area contributed by atoms with Crippen LogP contribution in [0.5, 0.6) is 5.75 Å². The fourth-order valence-electron chi connectivity index (χ4n) is 0.885. The van der Waals surface area contributed by atoms with Gasteiger partial charge in [-0.05, 0) is 13.0 Å². The molecule has 1 aromatic heterocycles. The number of aromatic nitrogens is 1. The van der Waals surface area contributed by atoms with Gasteiger partial charge in [-0.1, -0.05) is 0 Å². The summed E-state index contributed by atoms with van der Waals surface area (Å²) in [6.45, 7) is 1.81. The Balaban J connectivity index is 3.05. The smallest absolute Gasteiger partial charge is 0.420 e. The van der Waals surface area contributed by atoms with Crippen LogP contribution >= 0.6 is 0 Å². The van der Waals surface area contributed by atoms with Gasteiger partial charge in [0.2, 0.25) is 0 Å². The Morgan fingerprint density at radius 1 is 1.46 bits per heavy atom. The molecule has 1 aromatic rings. The second-order valence-electron chi connectivity index (χ2n) is 2.30. The molecule has 72 valence electrons. The van der Waals surface area contributed by atoms with Gasteiger partial charge < -0.3 is 4.74 Å². The number of pyridine rings is 1. The Morgan fingerprint density at radius 2 is 2.15 bits per heavy atom. The topological polar surface area (TPSA) is 22.1 Å². The van der Waals surface area contributed by atoms with Crippen molar-refractivity contribution < 1.29 is 17.9 Å². The van der Waals surface area contributed by atoms with Crippen LogP contribution in [0, 0.1) is 0 Å². The van der Waals surface area contributed by atoms with Gasteiger partial charge in [0.15, 0.2) is 0 Å². The van der Waals surface area contributed by atoms with Crippen LogP contribution in [0.4, 0.5) is 13.2 Å². The van der Waals surface area contributed by atoms with E-state index in [1.807, 2.05) is 0 Å². The quantitative estimate of drug-likeness (QED) is 0.716. The van der Waals surface area contributed by atoms with Gasteiger partial charge in [-0.2, -0.15) is 13.2 Å². The van der Waals surface area contributed by atoms with Crippen molar-refractivity contribution in [3.8, 4) is 5.75 Å². The van der Waals surface area contributed by atoms with Crippen LogP contribution in [-0.2, 0) is 6.18 Å². The van der Waals surface area contributed by atoms with Crippen molar-refractivity contribution in [2.45, 2.75) is 13.1 Å². The first kappa shape index (κ1) is 9.83. The number of rotatable bonds is 2. The average molecular weight is 191 g/mol. The Labute approximate surface area is 73.4 Å². The maximum Gasteiger partial charge on any atom is 0.420 e. The minimum atomic E-state index is -4.38. The Kier molecular flexibility index (Phi) is 2.75. The number of nitrogens with zero attached hydrogens (tertiary/aromatic N) is 1. The highest BCUT2D eigenvalue weighted by atomic mass is 19.4. The van der Waals surface area contributed by atoms with Gasteiger partial charge in [-0.25, -0.2) is 0 Å². The molecule has 2 nitrogen and oxygen atoms in total. The van der Waals surface area contributed by atoms with E-state index in [4.69, 9.17) is 4.74 Å². The zero-order valence-electron chi connectivity index (χ0n) is 6.93. The molecule has 0 amide bonds. The van der Waals surface area contributed by atoms with E-state index in [1.54, 1.807) is 6.92 Å². The molecule has 0 radical (unpaired) electrons. The second kappa shape index (κ2) is 3.64. The monoisotopic (exact) mass is 191 g/mol. The first-order chi connectivity index (χ1) is 6.05. The maximum atomic E-state index is 12.3. The van der Waals surface area contributed by atoms with Crippen LogP contribution in [-0.4, -0.2) is 11.6 Å². The molecule has 0 aliphatic carbocycles. The third kappa shape index (κ3) is 2.34. The number of ether oxygens (including phenoxy) is 1. The summed E-state index contributed by atoms with van der Waals surface area (Å²) < 4.78 is 41.6. The molecular weight excluding hydrogens is 183 g/mol. The Hall–Kier alpha value is -1.26. The van der Waals surface area contributed by atoms with Gasteiger partial charge in [-0.3, -0.25) is 4.98 Å². The second-order valence-corrected chi connectivity index (χ2v) is 2.30. The minimum absolute atomic E-state index is 0.189. The standard InChI is InChI=1S/C8H8F3NO/c1-2-13-7-5-12-4-3-6(7)8(9,10)11/h3-5H,2H2,1H3. The molecule has 0 fully saturated rings. The molecule has 0 saturated heterocycles. The van der Waals surface area contributed by atoms with Crippen molar-refractivity contribution in [2.24, 2.45) is 0 Å². The molecule has 0 atom stereocenters. The molecule has 0 aromatic carbocycles. The predicted molar refractivity (Wildman–Crippen MR) is 40.4 cm³/mol. The summed E-state index contributed by atoms with van der Waals surface area (Å²) in [5, 5.41) is 0. The van der Waals surface area contributed by atoms with Crippen molar-refractivity contribution in [1.82, 2.24) is 4.98 Å². The summed E-state index contributed by atoms with van der Waals surface area (Å²) in [5.74, 6) is -0.225. The SMILES string of the molecule is CCOc1cnccc1C(F)(F)F. The van der Waals surface area contributed by atoms with Crippen molar-refractivity contribution in [1.29, 1.82) is 0 Å². The number of halogens is 3. The molecule has 0 saturated carbocycles. The third-order valence-electron chi connectivity index (χ3n) is 1.39. The number of alkyl halides is 3. The first-order valence-electron chi connectivity index (χ1n) is 3.69. The number of hydrogen-bond donors (Lipinski definition) is 0. The van der Waals surface area contributed by atoms with Crippen LogP contribution in [0.2, 0.25) is 0 Å². The highest BCUT2D eigenvalue weighted by molar-refractivity contribution is 5.32. The molecule has 0 unspecified atom stereocenters. The van der Waals surface area contributed by atoms with Crippen molar-refractivity contribution in [3.05, 3.63) is 24.0 Å². The molecule has 0 aliphatic rings. The van der Waals surface area contributed by atoms with E-state index in [0.29, 0.717) is 0 Å². The largest absolute Gasteiger partial charge is 0.492 e. The van der Waals surface area contributed by atoms with E-state index in [2.05, 4.69) is 4.98 Å². The third-order valence-corrected chi connectivity index (χ3v) is 1.39. The molecule has 5 heteroatoms. The molecule has 0 aliphatic heterocycles. The van der Waals surface area contributed by atoms with Gasteiger partial charge in [0.25, 0.3) is 0 Å². The Bertz CT molecular complexity index is 285. The maximum absolute atomic E-state index is 12.3. The van der Waals surface area contributed by atoms with Crippen LogP contribution in [0.25, 0.3) is 0 Å². The molecule has 1 heterocycles. The lowest BCUT2D eigenvalue weighted by Crippen LogP contribution is -2.08. The minimum Gasteiger partial charge on any atom is -0.492 e. The lowest BCUT2D eigenvalue weighted by atomic mass is 10.2. The first-order valence-corrected chi connectivity index (χ1v) is 3.69. The van der Waals surface area contributed by atoms with Crippen LogP contribution in [0.15, 0.2) is 18.5 Å². The average Bonchev–Trinajstić information content (AvgIpc) is 2.04. The van der Waals surface area contributed by atoms with Gasteiger partial charge in [0, 0.05) is 6.20 Å². The van der Waals surface area contributed by atoms with E-state index in [1.165, 1.54) is 0 Å². The molecule has 1 rings (SSSR count). The van der Waals surface area contributed by atoms with Crippen LogP contribution < -0.4 is 4.74 Å². The lowest BCUT2D eigenvalue weighted by molar-refractivity contribution is -0.139. The summed E-state index contributed by atoms with van der Waals surface area (Å²) in [6, 6.07) is 0.894. The molecule has 0 N–H and O–H groups in total. The fraction of sp³-hybridized carbons (Fsp3) is 0.375. The number of hydrogen-bond acceptors (Lipinski definition) is 2. The normalized spacial score (nSPS) is 11.4. The fourth-order valence-corrected chi connectivity index (χ4v) is 0.885. The summed E-state index contributed by atoms with van der Waals surface area (Å²) in [6.07, 6.45) is -2.23. The Morgan fingerprint density at radius 3 is 2.69 bits per heavy atom. The van der Waals surface area contributed by atoms with Gasteiger partial charge >= 0.3 is 6.18 Å². The summed E-state index contributed by atoms with van der Waals surface area (Å²) in [7, 11) is 0. The highest BCUT2D eigenvalue weighted by Crippen LogP contribution is 2.35. The van der Waals surface area contributed by atoms with E-state index < -0.39 is 11.7 Å². The molecule has 0 spiro atoms. The van der Waals surface area contributed by atoms with Gasteiger partial charge in [0.1, 0.15) is 11.3 Å². The van der Waals surface area contributed by atoms with E-state index in [-0.39, 0.29) is 12.4 Å². The predicted octanol–water partition coefficient (Wildman–Crippen LogP) is 2.50. The molecular formula is C8H8F3NO. The summed E-state index contributed by atoms with van der Waals surface area (Å²) in [5.41, 5.74) is -0.788. The lowest BCUT2D eigenvalue weighted by Gasteiger charge is -2.11. The summed E-state index contributed by atoms with van der Waals surface area (Å²) in [4.78, 5) is 3.55.